The third kappa shape index (κ3) is 2.34. The summed E-state index contributed by atoms with van der Waals surface area (Å²) in [5, 5.41) is 11.8. The Morgan fingerprint density at radius 1 is 1.39 bits per heavy atom. The van der Waals surface area contributed by atoms with E-state index in [1.54, 1.807) is 0 Å². The minimum Gasteiger partial charge on any atom is -0.395 e. The number of nitriles is 1. The van der Waals surface area contributed by atoms with E-state index in [4.69, 9.17) is 22.6 Å². The largest absolute Gasteiger partial charge is 0.395 e. The number of anilines is 3. The molecule has 2 aromatic rings. The zero-order valence-electron chi connectivity index (χ0n) is 9.11. The molecule has 1 aromatic heterocycles. The number of hydrogen-bond donors (Lipinski definition) is 2. The first kappa shape index (κ1) is 12.1. The van der Waals surface area contributed by atoms with Crippen LogP contribution in [-0.2, 0) is 0 Å². The highest BCUT2D eigenvalue weighted by molar-refractivity contribution is 6.30. The minimum atomic E-state index is -0.522. The fourth-order valence-electron chi connectivity index (χ4n) is 1.39. The molecule has 6 heteroatoms. The molecule has 1 aromatic carbocycles. The lowest BCUT2D eigenvalue weighted by Crippen LogP contribution is -2.02. The molecule has 0 aliphatic heterocycles. The van der Waals surface area contributed by atoms with Crippen LogP contribution >= 0.6 is 11.6 Å². The van der Waals surface area contributed by atoms with Gasteiger partial charge >= 0.3 is 0 Å². The molecule has 18 heavy (non-hydrogen) atoms. The number of halogens is 2. The monoisotopic (exact) mass is 262 g/mol. The number of pyridine rings is 1. The Labute approximate surface area is 108 Å². The van der Waals surface area contributed by atoms with Gasteiger partial charge in [0.15, 0.2) is 5.82 Å². The third-order valence-corrected chi connectivity index (χ3v) is 2.53. The summed E-state index contributed by atoms with van der Waals surface area (Å²) in [4.78, 5) is 3.96. The summed E-state index contributed by atoms with van der Waals surface area (Å²) >= 11 is 5.65. The first-order valence-corrected chi connectivity index (χ1v) is 5.36. The van der Waals surface area contributed by atoms with Crippen molar-refractivity contribution >= 4 is 28.8 Å². The van der Waals surface area contributed by atoms with Crippen LogP contribution in [-0.4, -0.2) is 4.98 Å². The summed E-state index contributed by atoms with van der Waals surface area (Å²) in [6, 6.07) is 7.59. The van der Waals surface area contributed by atoms with Crippen LogP contribution in [0, 0.1) is 17.1 Å². The van der Waals surface area contributed by atoms with E-state index in [-0.39, 0.29) is 22.8 Å². The Bertz CT molecular complexity index is 636. The highest BCUT2D eigenvalue weighted by atomic mass is 35.5. The Morgan fingerprint density at radius 3 is 2.83 bits per heavy atom. The van der Waals surface area contributed by atoms with Gasteiger partial charge in [0.1, 0.15) is 11.9 Å². The highest BCUT2D eigenvalue weighted by Crippen LogP contribution is 2.26. The van der Waals surface area contributed by atoms with Crippen molar-refractivity contribution in [2.75, 3.05) is 11.1 Å². The molecule has 90 valence electrons. The normalized spacial score (nSPS) is 9.83. The van der Waals surface area contributed by atoms with E-state index in [9.17, 15) is 4.39 Å². The number of benzene rings is 1. The van der Waals surface area contributed by atoms with Gasteiger partial charge in [-0.15, -0.1) is 0 Å². The summed E-state index contributed by atoms with van der Waals surface area (Å²) in [7, 11) is 0. The first-order valence-electron chi connectivity index (χ1n) is 4.98. The molecule has 3 N–H and O–H groups in total. The van der Waals surface area contributed by atoms with Gasteiger partial charge < -0.3 is 11.1 Å². The molecular weight excluding hydrogens is 255 g/mol. The van der Waals surface area contributed by atoms with Crippen LogP contribution < -0.4 is 11.1 Å². The molecule has 0 bridgehead atoms. The first-order chi connectivity index (χ1) is 8.61. The van der Waals surface area contributed by atoms with Crippen LogP contribution in [0.25, 0.3) is 0 Å². The number of nitrogens with two attached hydrogens (primary N) is 1. The van der Waals surface area contributed by atoms with Gasteiger partial charge in [0.05, 0.1) is 16.9 Å². The maximum absolute atomic E-state index is 13.6. The zero-order chi connectivity index (χ0) is 13.1. The standard InChI is InChI=1S/C12H8ClFN4/c13-8-1-2-10(9(14)5-8)18-12-11(16)7(6-15)3-4-17-12/h1-5H,16H2,(H,17,18). The van der Waals surface area contributed by atoms with Gasteiger partial charge in [0.25, 0.3) is 0 Å². The Hall–Kier alpha value is -2.32. The van der Waals surface area contributed by atoms with Crippen LogP contribution in [0.2, 0.25) is 5.02 Å². The van der Waals surface area contributed by atoms with Crippen molar-refractivity contribution < 1.29 is 4.39 Å². The summed E-state index contributed by atoms with van der Waals surface area (Å²) in [6.45, 7) is 0. The van der Waals surface area contributed by atoms with E-state index in [0.29, 0.717) is 5.02 Å². The average Bonchev–Trinajstić information content (AvgIpc) is 2.35. The van der Waals surface area contributed by atoms with E-state index in [1.165, 1.54) is 30.5 Å². The molecule has 0 fully saturated rings. The number of hydrogen-bond acceptors (Lipinski definition) is 4. The quantitative estimate of drug-likeness (QED) is 0.872. The third-order valence-electron chi connectivity index (χ3n) is 2.29. The van der Waals surface area contributed by atoms with Gasteiger partial charge in [-0.2, -0.15) is 5.26 Å². The van der Waals surface area contributed by atoms with Gasteiger partial charge in [-0.1, -0.05) is 11.6 Å². The lowest BCUT2D eigenvalue weighted by atomic mass is 10.2. The van der Waals surface area contributed by atoms with Gasteiger partial charge in [0, 0.05) is 11.2 Å². The van der Waals surface area contributed by atoms with Gasteiger partial charge in [-0.3, -0.25) is 0 Å². The molecule has 0 saturated heterocycles. The molecule has 2 rings (SSSR count). The molecule has 0 atom stereocenters. The second kappa shape index (κ2) is 4.90. The van der Waals surface area contributed by atoms with Crippen LogP contribution in [0.5, 0.6) is 0 Å². The predicted octanol–water partition coefficient (Wildman–Crippen LogP) is 3.07. The smallest absolute Gasteiger partial charge is 0.155 e. The predicted molar refractivity (Wildman–Crippen MR) is 68.1 cm³/mol. The molecule has 0 aliphatic carbocycles. The fraction of sp³-hybridized carbons (Fsp3) is 0. The molecule has 4 nitrogen and oxygen atoms in total. The molecule has 0 saturated carbocycles. The molecule has 0 radical (unpaired) electrons. The van der Waals surface area contributed by atoms with E-state index in [2.05, 4.69) is 10.3 Å². The molecule has 0 amide bonds. The fourth-order valence-corrected chi connectivity index (χ4v) is 1.55. The van der Waals surface area contributed by atoms with E-state index in [0.717, 1.165) is 0 Å². The molecule has 0 aliphatic rings. The highest BCUT2D eigenvalue weighted by Gasteiger charge is 2.09. The van der Waals surface area contributed by atoms with Crippen molar-refractivity contribution in [1.29, 1.82) is 5.26 Å². The minimum absolute atomic E-state index is 0.175. The van der Waals surface area contributed by atoms with Crippen molar-refractivity contribution in [3.63, 3.8) is 0 Å². The SMILES string of the molecule is N#Cc1ccnc(Nc2ccc(Cl)cc2F)c1N. The van der Waals surface area contributed by atoms with Crippen LogP contribution in [0.15, 0.2) is 30.5 Å². The number of nitrogen functional groups attached to an aromatic ring is 1. The summed E-state index contributed by atoms with van der Waals surface area (Å²) in [5.41, 5.74) is 6.37. The second-order valence-electron chi connectivity index (χ2n) is 3.48. The maximum Gasteiger partial charge on any atom is 0.155 e. The molecule has 1 heterocycles. The molecular formula is C12H8ClFN4. The van der Waals surface area contributed by atoms with Crippen molar-refractivity contribution in [3.05, 3.63) is 46.9 Å². The average molecular weight is 263 g/mol. The van der Waals surface area contributed by atoms with Crippen molar-refractivity contribution in [3.8, 4) is 6.07 Å². The zero-order valence-corrected chi connectivity index (χ0v) is 9.87. The van der Waals surface area contributed by atoms with Gasteiger partial charge in [0.2, 0.25) is 0 Å². The van der Waals surface area contributed by atoms with Crippen molar-refractivity contribution in [2.45, 2.75) is 0 Å². The second-order valence-corrected chi connectivity index (χ2v) is 3.92. The lowest BCUT2D eigenvalue weighted by Gasteiger charge is -2.09. The summed E-state index contributed by atoms with van der Waals surface area (Å²) in [5.74, 6) is -0.290. The van der Waals surface area contributed by atoms with E-state index in [1.807, 2.05) is 6.07 Å². The van der Waals surface area contributed by atoms with E-state index < -0.39 is 5.82 Å². The van der Waals surface area contributed by atoms with Crippen molar-refractivity contribution in [1.82, 2.24) is 4.98 Å². The lowest BCUT2D eigenvalue weighted by molar-refractivity contribution is 0.632. The molecule has 0 spiro atoms. The van der Waals surface area contributed by atoms with Crippen LogP contribution in [0.1, 0.15) is 5.56 Å². The number of nitrogens with zero attached hydrogens (tertiary/aromatic N) is 2. The van der Waals surface area contributed by atoms with Gasteiger partial charge in [-0.25, -0.2) is 9.37 Å². The number of nitrogens with one attached hydrogen (secondary N) is 1. The van der Waals surface area contributed by atoms with Gasteiger partial charge in [-0.05, 0) is 24.3 Å². The Balaban J connectivity index is 2.38. The van der Waals surface area contributed by atoms with Crippen molar-refractivity contribution in [2.24, 2.45) is 0 Å². The van der Waals surface area contributed by atoms with Crippen LogP contribution in [0.4, 0.5) is 21.6 Å². The van der Waals surface area contributed by atoms with Crippen LogP contribution in [0.3, 0.4) is 0 Å². The van der Waals surface area contributed by atoms with E-state index >= 15 is 0 Å². The number of rotatable bonds is 2. The summed E-state index contributed by atoms with van der Waals surface area (Å²) < 4.78 is 13.6. The maximum atomic E-state index is 13.6. The Kier molecular flexibility index (Phi) is 3.31. The number of aromatic nitrogens is 1. The topological polar surface area (TPSA) is 74.7 Å². The summed E-state index contributed by atoms with van der Waals surface area (Å²) in [6.07, 6.45) is 1.42. The molecule has 0 unspecified atom stereocenters. The Morgan fingerprint density at radius 2 is 2.17 bits per heavy atom.